The van der Waals surface area contributed by atoms with E-state index < -0.39 is 0 Å². The molecule has 1 aliphatic rings. The number of hydrogen-bond donors (Lipinski definition) is 1. The second kappa shape index (κ2) is 5.97. The molecule has 3 rings (SSSR count). The first-order valence-corrected chi connectivity index (χ1v) is 7.89. The van der Waals surface area contributed by atoms with Crippen molar-refractivity contribution in [1.29, 1.82) is 0 Å². The van der Waals surface area contributed by atoms with Crippen LogP contribution in [0.15, 0.2) is 42.5 Å². The highest BCUT2D eigenvalue weighted by molar-refractivity contribution is 5.85. The van der Waals surface area contributed by atoms with E-state index >= 15 is 0 Å². The Kier molecular flexibility index (Phi) is 4.07. The lowest BCUT2D eigenvalue weighted by molar-refractivity contribution is 0.0763. The van der Waals surface area contributed by atoms with Crippen molar-refractivity contribution in [3.8, 4) is 0 Å². The Morgan fingerprint density at radius 2 is 1.70 bits per heavy atom. The Bertz CT molecular complexity index is 561. The second-order valence-corrected chi connectivity index (χ2v) is 6.43. The van der Waals surface area contributed by atoms with Gasteiger partial charge in [-0.15, -0.1) is 0 Å². The number of rotatable bonds is 3. The van der Waals surface area contributed by atoms with E-state index in [-0.39, 0.29) is 6.10 Å². The van der Waals surface area contributed by atoms with Crippen LogP contribution >= 0.6 is 0 Å². The standard InChI is InChI=1S/C19H24O/c1-14-9-11-16(12-10-14)19(20)13-17-7-4-6-15-5-2-3-8-18(15)17/h2-8,14,16,19-20H,9-13H2,1H3. The summed E-state index contributed by atoms with van der Waals surface area (Å²) in [7, 11) is 0. The van der Waals surface area contributed by atoms with E-state index in [2.05, 4.69) is 49.4 Å². The smallest absolute Gasteiger partial charge is 0.0608 e. The summed E-state index contributed by atoms with van der Waals surface area (Å²) in [4.78, 5) is 0. The van der Waals surface area contributed by atoms with Crippen LogP contribution < -0.4 is 0 Å². The zero-order valence-corrected chi connectivity index (χ0v) is 12.3. The van der Waals surface area contributed by atoms with Crippen LogP contribution in [-0.2, 0) is 6.42 Å². The molecule has 0 aromatic heterocycles. The summed E-state index contributed by atoms with van der Waals surface area (Å²) in [6.07, 6.45) is 5.53. The van der Waals surface area contributed by atoms with Gasteiger partial charge in [0.1, 0.15) is 0 Å². The molecule has 1 aliphatic carbocycles. The number of aliphatic hydroxyl groups excluding tert-OH is 1. The monoisotopic (exact) mass is 268 g/mol. The Morgan fingerprint density at radius 3 is 2.50 bits per heavy atom. The van der Waals surface area contributed by atoms with Gasteiger partial charge in [-0.3, -0.25) is 0 Å². The van der Waals surface area contributed by atoms with Gasteiger partial charge in [0, 0.05) is 0 Å². The molecule has 1 atom stereocenters. The molecule has 1 heteroatoms. The molecule has 1 N–H and O–H groups in total. The number of fused-ring (bicyclic) bond motifs is 1. The third-order valence-corrected chi connectivity index (χ3v) is 4.91. The SMILES string of the molecule is CC1CCC(C(O)Cc2cccc3ccccc23)CC1. The molecule has 1 saturated carbocycles. The van der Waals surface area contributed by atoms with Crippen LogP contribution in [0.3, 0.4) is 0 Å². The van der Waals surface area contributed by atoms with Gasteiger partial charge < -0.3 is 5.11 Å². The molecule has 2 aromatic rings. The van der Waals surface area contributed by atoms with Gasteiger partial charge in [-0.05, 0) is 47.4 Å². The highest BCUT2D eigenvalue weighted by Gasteiger charge is 2.24. The van der Waals surface area contributed by atoms with Gasteiger partial charge in [0.15, 0.2) is 0 Å². The predicted octanol–water partition coefficient (Wildman–Crippen LogP) is 4.57. The molecular weight excluding hydrogens is 244 g/mol. The Labute approximate surface area is 121 Å². The fourth-order valence-corrected chi connectivity index (χ4v) is 3.53. The van der Waals surface area contributed by atoms with Crippen molar-refractivity contribution in [1.82, 2.24) is 0 Å². The molecule has 2 aromatic carbocycles. The van der Waals surface area contributed by atoms with Crippen molar-refractivity contribution >= 4 is 10.8 Å². The minimum atomic E-state index is -0.187. The van der Waals surface area contributed by atoms with E-state index in [1.807, 2.05) is 0 Å². The largest absolute Gasteiger partial charge is 0.392 e. The zero-order valence-electron chi connectivity index (χ0n) is 12.3. The lowest BCUT2D eigenvalue weighted by atomic mass is 9.78. The van der Waals surface area contributed by atoms with Gasteiger partial charge in [-0.25, -0.2) is 0 Å². The van der Waals surface area contributed by atoms with Crippen molar-refractivity contribution in [2.75, 3.05) is 0 Å². The number of benzene rings is 2. The van der Waals surface area contributed by atoms with Gasteiger partial charge in [-0.1, -0.05) is 62.2 Å². The van der Waals surface area contributed by atoms with Crippen molar-refractivity contribution in [2.45, 2.75) is 45.1 Å². The van der Waals surface area contributed by atoms with Gasteiger partial charge in [-0.2, -0.15) is 0 Å². The first-order valence-electron chi connectivity index (χ1n) is 7.89. The predicted molar refractivity (Wildman–Crippen MR) is 84.8 cm³/mol. The summed E-state index contributed by atoms with van der Waals surface area (Å²) in [6.45, 7) is 2.33. The Hall–Kier alpha value is -1.34. The molecule has 0 radical (unpaired) electrons. The second-order valence-electron chi connectivity index (χ2n) is 6.43. The van der Waals surface area contributed by atoms with Crippen LogP contribution in [0.1, 0.15) is 38.2 Å². The van der Waals surface area contributed by atoms with Gasteiger partial charge in [0.2, 0.25) is 0 Å². The fraction of sp³-hybridized carbons (Fsp3) is 0.474. The molecule has 0 heterocycles. The van der Waals surface area contributed by atoms with E-state index in [1.165, 1.54) is 42.0 Å². The number of aliphatic hydroxyl groups is 1. The summed E-state index contributed by atoms with van der Waals surface area (Å²) in [6, 6.07) is 14.9. The average Bonchev–Trinajstić information content (AvgIpc) is 2.48. The third-order valence-electron chi connectivity index (χ3n) is 4.91. The Balaban J connectivity index is 1.76. The van der Waals surface area contributed by atoms with Crippen molar-refractivity contribution in [3.63, 3.8) is 0 Å². The van der Waals surface area contributed by atoms with Crippen LogP contribution in [0.4, 0.5) is 0 Å². The first-order chi connectivity index (χ1) is 9.74. The van der Waals surface area contributed by atoms with E-state index in [0.29, 0.717) is 5.92 Å². The zero-order chi connectivity index (χ0) is 13.9. The van der Waals surface area contributed by atoms with E-state index in [9.17, 15) is 5.11 Å². The molecule has 1 unspecified atom stereocenters. The van der Waals surface area contributed by atoms with E-state index in [1.54, 1.807) is 0 Å². The number of hydrogen-bond acceptors (Lipinski definition) is 1. The topological polar surface area (TPSA) is 20.2 Å². The van der Waals surface area contributed by atoms with Gasteiger partial charge in [0.25, 0.3) is 0 Å². The average molecular weight is 268 g/mol. The normalized spacial score (nSPS) is 24.7. The minimum absolute atomic E-state index is 0.187. The summed E-state index contributed by atoms with van der Waals surface area (Å²) >= 11 is 0. The molecule has 1 fully saturated rings. The van der Waals surface area contributed by atoms with Crippen molar-refractivity contribution in [3.05, 3.63) is 48.0 Å². The highest BCUT2D eigenvalue weighted by Crippen LogP contribution is 2.32. The van der Waals surface area contributed by atoms with E-state index in [4.69, 9.17) is 0 Å². The molecule has 0 aliphatic heterocycles. The Morgan fingerprint density at radius 1 is 1.00 bits per heavy atom. The maximum atomic E-state index is 10.6. The van der Waals surface area contributed by atoms with Crippen LogP contribution in [-0.4, -0.2) is 11.2 Å². The summed E-state index contributed by atoms with van der Waals surface area (Å²) in [5, 5.41) is 13.1. The maximum Gasteiger partial charge on any atom is 0.0608 e. The summed E-state index contributed by atoms with van der Waals surface area (Å²) in [5.74, 6) is 1.33. The lowest BCUT2D eigenvalue weighted by Gasteiger charge is -2.30. The van der Waals surface area contributed by atoms with Crippen molar-refractivity contribution < 1.29 is 5.11 Å². The molecule has 0 amide bonds. The first kappa shape index (κ1) is 13.6. The lowest BCUT2D eigenvalue weighted by Crippen LogP contribution is -2.27. The summed E-state index contributed by atoms with van der Waals surface area (Å²) < 4.78 is 0. The van der Waals surface area contributed by atoms with Gasteiger partial charge >= 0.3 is 0 Å². The molecule has 20 heavy (non-hydrogen) atoms. The van der Waals surface area contributed by atoms with Crippen LogP contribution in [0.25, 0.3) is 10.8 Å². The maximum absolute atomic E-state index is 10.6. The fourth-order valence-electron chi connectivity index (χ4n) is 3.53. The minimum Gasteiger partial charge on any atom is -0.392 e. The third kappa shape index (κ3) is 2.88. The molecule has 0 spiro atoms. The molecule has 0 saturated heterocycles. The van der Waals surface area contributed by atoms with Crippen molar-refractivity contribution in [2.24, 2.45) is 11.8 Å². The molecule has 106 valence electrons. The summed E-state index contributed by atoms with van der Waals surface area (Å²) in [5.41, 5.74) is 1.29. The van der Waals surface area contributed by atoms with Crippen LogP contribution in [0, 0.1) is 11.8 Å². The van der Waals surface area contributed by atoms with Crippen LogP contribution in [0.2, 0.25) is 0 Å². The van der Waals surface area contributed by atoms with Crippen LogP contribution in [0.5, 0.6) is 0 Å². The quantitative estimate of drug-likeness (QED) is 0.864. The van der Waals surface area contributed by atoms with E-state index in [0.717, 1.165) is 12.3 Å². The molecule has 0 bridgehead atoms. The van der Waals surface area contributed by atoms with Gasteiger partial charge in [0.05, 0.1) is 6.10 Å². The molecular formula is C19H24O. The molecule has 1 nitrogen and oxygen atoms in total. The highest BCUT2D eigenvalue weighted by atomic mass is 16.3.